The molecule has 0 radical (unpaired) electrons. The minimum absolute atomic E-state index is 0.640. The van der Waals surface area contributed by atoms with Crippen LogP contribution in [0.2, 0.25) is 5.15 Å². The molecule has 7 heteroatoms. The molecule has 0 bridgehead atoms. The Labute approximate surface area is 168 Å². The first-order valence-electron chi connectivity index (χ1n) is 9.33. The fourth-order valence-electron chi connectivity index (χ4n) is 3.76. The van der Waals surface area contributed by atoms with Crippen molar-refractivity contribution in [1.82, 2.24) is 10.1 Å². The number of hydrogen-bond donors (Lipinski definition) is 2. The molecule has 2 N–H and O–H groups in total. The number of halogens is 1. The Kier molecular flexibility index (Phi) is 5.68. The van der Waals surface area contributed by atoms with E-state index >= 15 is 0 Å². The van der Waals surface area contributed by atoms with Crippen molar-refractivity contribution in [3.05, 3.63) is 52.5 Å². The average molecular weight is 405 g/mol. The Bertz CT molecular complexity index is 937. The van der Waals surface area contributed by atoms with Crippen molar-refractivity contribution in [1.29, 1.82) is 0 Å². The van der Waals surface area contributed by atoms with Crippen molar-refractivity contribution in [3.8, 4) is 0 Å². The normalized spacial score (nSPS) is 20.3. The maximum atomic E-state index is 6.50. The number of piperazine rings is 1. The maximum Gasteiger partial charge on any atom is 0.138 e. The van der Waals surface area contributed by atoms with Crippen molar-refractivity contribution >= 4 is 34.3 Å². The number of quaternary nitrogens is 2. The number of aryl methyl sites for hydroxylation is 1. The van der Waals surface area contributed by atoms with Gasteiger partial charge in [-0.15, -0.1) is 11.8 Å². The van der Waals surface area contributed by atoms with Crippen molar-refractivity contribution in [2.24, 2.45) is 0 Å². The number of hydrogen-bond acceptors (Lipinski definition) is 4. The van der Waals surface area contributed by atoms with Crippen LogP contribution in [0.25, 0.3) is 10.9 Å². The van der Waals surface area contributed by atoms with Crippen molar-refractivity contribution in [2.45, 2.75) is 24.9 Å². The van der Waals surface area contributed by atoms with Gasteiger partial charge in [-0.3, -0.25) is 0 Å². The van der Waals surface area contributed by atoms with Crippen LogP contribution in [0.15, 0.2) is 39.8 Å². The lowest BCUT2D eigenvalue weighted by Crippen LogP contribution is -3.27. The standard InChI is InChI=1S/C20H23ClN4OS/c1-14-9-17(23-26-14)13-25-7-5-24(6-8-25)12-16-10-15-3-4-18(27-2)11-19(15)22-20(16)21/h3-4,9-11H,5-8,12-13H2,1-2H3/p+2. The minimum atomic E-state index is 0.640. The molecule has 5 nitrogen and oxygen atoms in total. The van der Waals surface area contributed by atoms with E-state index in [1.807, 2.05) is 13.0 Å². The maximum absolute atomic E-state index is 6.50. The van der Waals surface area contributed by atoms with Crippen LogP contribution < -0.4 is 9.80 Å². The van der Waals surface area contributed by atoms with E-state index in [1.165, 1.54) is 4.90 Å². The second-order valence-corrected chi connectivity index (χ2v) is 8.52. The number of aromatic nitrogens is 2. The monoisotopic (exact) mass is 404 g/mol. The van der Waals surface area contributed by atoms with Crippen molar-refractivity contribution in [3.63, 3.8) is 0 Å². The van der Waals surface area contributed by atoms with Crippen LogP contribution in [-0.4, -0.2) is 42.6 Å². The summed E-state index contributed by atoms with van der Waals surface area (Å²) in [6.07, 6.45) is 2.08. The van der Waals surface area contributed by atoms with Gasteiger partial charge in [-0.2, -0.15) is 0 Å². The van der Waals surface area contributed by atoms with E-state index < -0.39 is 0 Å². The van der Waals surface area contributed by atoms with Gasteiger partial charge in [0.2, 0.25) is 0 Å². The fourth-order valence-corrected chi connectivity index (χ4v) is 4.40. The van der Waals surface area contributed by atoms with Gasteiger partial charge in [-0.1, -0.05) is 22.8 Å². The summed E-state index contributed by atoms with van der Waals surface area (Å²) in [5.41, 5.74) is 3.17. The molecule has 1 saturated heterocycles. The predicted molar refractivity (Wildman–Crippen MR) is 109 cm³/mol. The molecular formula is C20H25ClN4OS+2. The lowest BCUT2D eigenvalue weighted by Gasteiger charge is -2.29. The summed E-state index contributed by atoms with van der Waals surface area (Å²) in [6, 6.07) is 10.6. The smallest absolute Gasteiger partial charge is 0.138 e. The number of benzene rings is 1. The van der Waals surface area contributed by atoms with Crippen LogP contribution in [0.5, 0.6) is 0 Å². The van der Waals surface area contributed by atoms with Crippen LogP contribution in [0.3, 0.4) is 0 Å². The van der Waals surface area contributed by atoms with E-state index in [-0.39, 0.29) is 0 Å². The van der Waals surface area contributed by atoms with E-state index in [2.05, 4.69) is 40.7 Å². The van der Waals surface area contributed by atoms with Crippen LogP contribution >= 0.6 is 23.4 Å². The van der Waals surface area contributed by atoms with Gasteiger partial charge in [0.25, 0.3) is 0 Å². The molecule has 1 aliphatic rings. The summed E-state index contributed by atoms with van der Waals surface area (Å²) in [4.78, 5) is 8.99. The highest BCUT2D eigenvalue weighted by Crippen LogP contribution is 2.24. The number of nitrogens with one attached hydrogen (secondary N) is 2. The SMILES string of the molecule is CSc1ccc2cc(C[NH+]3CC[NH+](Cc4cc(C)on4)CC3)c(Cl)nc2c1. The molecule has 0 amide bonds. The molecule has 4 rings (SSSR count). The van der Waals surface area contributed by atoms with Gasteiger partial charge in [-0.25, -0.2) is 4.98 Å². The first-order chi connectivity index (χ1) is 13.1. The van der Waals surface area contributed by atoms with Crippen molar-refractivity contribution < 1.29 is 14.3 Å². The Balaban J connectivity index is 1.39. The van der Waals surface area contributed by atoms with Crippen molar-refractivity contribution in [2.75, 3.05) is 32.4 Å². The van der Waals surface area contributed by atoms with Gasteiger partial charge in [0.1, 0.15) is 55.9 Å². The molecule has 27 heavy (non-hydrogen) atoms. The number of thioether (sulfide) groups is 1. The minimum Gasteiger partial charge on any atom is -0.361 e. The van der Waals surface area contributed by atoms with E-state index in [0.29, 0.717) is 5.15 Å². The summed E-state index contributed by atoms with van der Waals surface area (Å²) >= 11 is 8.23. The molecule has 3 heterocycles. The zero-order valence-electron chi connectivity index (χ0n) is 15.7. The molecule has 0 saturated carbocycles. The van der Waals surface area contributed by atoms with Gasteiger partial charge in [-0.05, 0) is 31.4 Å². The molecule has 0 aliphatic carbocycles. The lowest BCUT2D eigenvalue weighted by atomic mass is 10.1. The fraction of sp³-hybridized carbons (Fsp3) is 0.400. The van der Waals surface area contributed by atoms with Gasteiger partial charge >= 0.3 is 0 Å². The topological polar surface area (TPSA) is 47.8 Å². The first-order valence-corrected chi connectivity index (χ1v) is 10.9. The second-order valence-electron chi connectivity index (χ2n) is 7.28. The summed E-state index contributed by atoms with van der Waals surface area (Å²) in [5.74, 6) is 0.886. The van der Waals surface area contributed by atoms with Gasteiger partial charge in [0, 0.05) is 21.9 Å². The van der Waals surface area contributed by atoms with E-state index in [1.54, 1.807) is 21.6 Å². The van der Waals surface area contributed by atoms with E-state index in [4.69, 9.17) is 16.1 Å². The highest BCUT2D eigenvalue weighted by atomic mass is 35.5. The third-order valence-electron chi connectivity index (χ3n) is 5.26. The van der Waals surface area contributed by atoms with Gasteiger partial charge < -0.3 is 14.3 Å². The number of pyridine rings is 1. The van der Waals surface area contributed by atoms with Gasteiger partial charge in [0.05, 0.1) is 5.52 Å². The van der Waals surface area contributed by atoms with Crippen LogP contribution in [0.4, 0.5) is 0 Å². The summed E-state index contributed by atoms with van der Waals surface area (Å²) in [7, 11) is 0. The molecule has 0 spiro atoms. The van der Waals surface area contributed by atoms with Crippen LogP contribution in [0.1, 0.15) is 17.0 Å². The molecule has 3 aromatic rings. The number of rotatable bonds is 5. The average Bonchev–Trinajstić information content (AvgIpc) is 3.08. The summed E-state index contributed by atoms with van der Waals surface area (Å²) in [5, 5.41) is 5.92. The zero-order chi connectivity index (χ0) is 18.8. The quantitative estimate of drug-likeness (QED) is 0.498. The molecule has 2 aromatic heterocycles. The van der Waals surface area contributed by atoms with Crippen LogP contribution in [-0.2, 0) is 13.1 Å². The molecule has 0 unspecified atom stereocenters. The lowest BCUT2D eigenvalue weighted by molar-refractivity contribution is -1.02. The van der Waals surface area contributed by atoms with Gasteiger partial charge in [0.15, 0.2) is 0 Å². The Morgan fingerprint density at radius 3 is 2.48 bits per heavy atom. The molecule has 1 fully saturated rings. The van der Waals surface area contributed by atoms with E-state index in [9.17, 15) is 0 Å². The molecule has 1 aromatic carbocycles. The second kappa shape index (κ2) is 8.19. The molecule has 142 valence electrons. The largest absolute Gasteiger partial charge is 0.361 e. The Morgan fingerprint density at radius 2 is 1.81 bits per heavy atom. The molecular weight excluding hydrogens is 380 g/mol. The highest BCUT2D eigenvalue weighted by Gasteiger charge is 2.25. The third-order valence-corrected chi connectivity index (χ3v) is 6.32. The zero-order valence-corrected chi connectivity index (χ0v) is 17.3. The third kappa shape index (κ3) is 4.46. The first kappa shape index (κ1) is 18.7. The molecule has 0 atom stereocenters. The Hall–Kier alpha value is -1.60. The van der Waals surface area contributed by atoms with Crippen LogP contribution in [0, 0.1) is 6.92 Å². The Morgan fingerprint density at radius 1 is 1.07 bits per heavy atom. The highest BCUT2D eigenvalue weighted by molar-refractivity contribution is 7.98. The predicted octanol–water partition coefficient (Wildman–Crippen LogP) is 1.39. The number of nitrogens with zero attached hydrogens (tertiary/aromatic N) is 2. The molecule has 1 aliphatic heterocycles. The summed E-state index contributed by atoms with van der Waals surface area (Å²) < 4.78 is 5.18. The van der Waals surface area contributed by atoms with E-state index in [0.717, 1.165) is 67.2 Å². The number of fused-ring (bicyclic) bond motifs is 1. The summed E-state index contributed by atoms with van der Waals surface area (Å²) in [6.45, 7) is 8.35.